The molecule has 84 valence electrons. The van der Waals surface area contributed by atoms with Crippen molar-refractivity contribution >= 4 is 15.9 Å². The molecule has 0 aliphatic heterocycles. The lowest BCUT2D eigenvalue weighted by molar-refractivity contribution is 0.520. The standard InChI is InChI=1S/C12H17BrFN/c1-3-15-8-9(2)6-10-4-5-11(14)7-12(10)13/h4-5,7,9,15H,3,6,8H2,1-2H3. The lowest BCUT2D eigenvalue weighted by atomic mass is 10.0. The minimum atomic E-state index is -0.190. The first-order chi connectivity index (χ1) is 7.13. The van der Waals surface area contributed by atoms with Gasteiger partial charge in [0.1, 0.15) is 5.82 Å². The largest absolute Gasteiger partial charge is 0.317 e. The van der Waals surface area contributed by atoms with Crippen molar-refractivity contribution in [3.05, 3.63) is 34.1 Å². The van der Waals surface area contributed by atoms with Crippen LogP contribution in [-0.4, -0.2) is 13.1 Å². The highest BCUT2D eigenvalue weighted by Gasteiger charge is 2.06. The number of halogens is 2. The van der Waals surface area contributed by atoms with Gasteiger partial charge in [-0.15, -0.1) is 0 Å². The Balaban J connectivity index is 2.56. The zero-order valence-corrected chi connectivity index (χ0v) is 10.8. The molecule has 1 atom stereocenters. The molecule has 1 unspecified atom stereocenters. The van der Waals surface area contributed by atoms with Crippen LogP contribution in [0.15, 0.2) is 22.7 Å². The highest BCUT2D eigenvalue weighted by atomic mass is 79.9. The summed E-state index contributed by atoms with van der Waals surface area (Å²) in [5.41, 5.74) is 1.17. The molecule has 1 rings (SSSR count). The molecule has 0 saturated heterocycles. The van der Waals surface area contributed by atoms with E-state index < -0.39 is 0 Å². The van der Waals surface area contributed by atoms with Gasteiger partial charge >= 0.3 is 0 Å². The molecule has 0 spiro atoms. The maximum Gasteiger partial charge on any atom is 0.124 e. The van der Waals surface area contributed by atoms with Crippen LogP contribution in [0, 0.1) is 11.7 Å². The van der Waals surface area contributed by atoms with Crippen LogP contribution in [0.5, 0.6) is 0 Å². The Labute approximate surface area is 99.2 Å². The van der Waals surface area contributed by atoms with Crippen molar-refractivity contribution in [3.63, 3.8) is 0 Å². The van der Waals surface area contributed by atoms with Crippen molar-refractivity contribution in [1.29, 1.82) is 0 Å². The lowest BCUT2D eigenvalue weighted by Crippen LogP contribution is -2.22. The lowest BCUT2D eigenvalue weighted by Gasteiger charge is -2.12. The maximum atomic E-state index is 12.8. The van der Waals surface area contributed by atoms with Crippen molar-refractivity contribution in [2.45, 2.75) is 20.3 Å². The first-order valence-electron chi connectivity index (χ1n) is 5.28. The summed E-state index contributed by atoms with van der Waals surface area (Å²) >= 11 is 3.38. The molecule has 0 fully saturated rings. The molecule has 1 aromatic rings. The molecule has 15 heavy (non-hydrogen) atoms. The van der Waals surface area contributed by atoms with Gasteiger partial charge in [-0.05, 0) is 43.1 Å². The minimum absolute atomic E-state index is 0.190. The normalized spacial score (nSPS) is 12.8. The maximum absolute atomic E-state index is 12.8. The van der Waals surface area contributed by atoms with Crippen LogP contribution in [0.1, 0.15) is 19.4 Å². The van der Waals surface area contributed by atoms with Gasteiger partial charge < -0.3 is 5.32 Å². The van der Waals surface area contributed by atoms with Crippen molar-refractivity contribution in [1.82, 2.24) is 5.32 Å². The van der Waals surface area contributed by atoms with Gasteiger partial charge in [0.15, 0.2) is 0 Å². The summed E-state index contributed by atoms with van der Waals surface area (Å²) in [5, 5.41) is 3.31. The average molecular weight is 274 g/mol. The Hall–Kier alpha value is -0.410. The van der Waals surface area contributed by atoms with Gasteiger partial charge in [0, 0.05) is 4.47 Å². The van der Waals surface area contributed by atoms with Crippen molar-refractivity contribution in [2.24, 2.45) is 5.92 Å². The van der Waals surface area contributed by atoms with Gasteiger partial charge in [-0.1, -0.05) is 35.8 Å². The van der Waals surface area contributed by atoms with E-state index in [9.17, 15) is 4.39 Å². The van der Waals surface area contributed by atoms with Gasteiger partial charge in [0.25, 0.3) is 0 Å². The molecule has 0 aromatic heterocycles. The fraction of sp³-hybridized carbons (Fsp3) is 0.500. The molecule has 0 heterocycles. The highest BCUT2D eigenvalue weighted by molar-refractivity contribution is 9.10. The second-order valence-corrected chi connectivity index (χ2v) is 4.71. The number of hydrogen-bond donors (Lipinski definition) is 1. The number of benzene rings is 1. The zero-order valence-electron chi connectivity index (χ0n) is 9.19. The quantitative estimate of drug-likeness (QED) is 0.868. The Morgan fingerprint density at radius 3 is 2.80 bits per heavy atom. The average Bonchev–Trinajstić information content (AvgIpc) is 2.19. The van der Waals surface area contributed by atoms with Crippen LogP contribution in [0.25, 0.3) is 0 Å². The summed E-state index contributed by atoms with van der Waals surface area (Å²) in [6.45, 7) is 6.29. The van der Waals surface area contributed by atoms with E-state index in [4.69, 9.17) is 0 Å². The summed E-state index contributed by atoms with van der Waals surface area (Å²) in [6, 6.07) is 4.89. The van der Waals surface area contributed by atoms with Gasteiger partial charge in [0.05, 0.1) is 0 Å². The third kappa shape index (κ3) is 4.31. The van der Waals surface area contributed by atoms with Gasteiger partial charge in [-0.3, -0.25) is 0 Å². The summed E-state index contributed by atoms with van der Waals surface area (Å²) in [6.07, 6.45) is 0.966. The predicted octanol–water partition coefficient (Wildman–Crippen LogP) is 3.38. The third-order valence-electron chi connectivity index (χ3n) is 2.33. The van der Waals surface area contributed by atoms with Crippen LogP contribution in [0.2, 0.25) is 0 Å². The van der Waals surface area contributed by atoms with E-state index in [-0.39, 0.29) is 5.82 Å². The number of hydrogen-bond acceptors (Lipinski definition) is 1. The fourth-order valence-electron chi connectivity index (χ4n) is 1.53. The monoisotopic (exact) mass is 273 g/mol. The van der Waals surface area contributed by atoms with E-state index in [2.05, 4.69) is 35.1 Å². The van der Waals surface area contributed by atoms with Gasteiger partial charge in [0.2, 0.25) is 0 Å². The van der Waals surface area contributed by atoms with Crippen molar-refractivity contribution in [2.75, 3.05) is 13.1 Å². The summed E-state index contributed by atoms with van der Waals surface area (Å²) in [5.74, 6) is 0.372. The number of nitrogens with one attached hydrogen (secondary N) is 1. The van der Waals surface area contributed by atoms with Crippen LogP contribution >= 0.6 is 15.9 Å². The Morgan fingerprint density at radius 2 is 2.20 bits per heavy atom. The first-order valence-corrected chi connectivity index (χ1v) is 6.07. The van der Waals surface area contributed by atoms with E-state index in [0.29, 0.717) is 5.92 Å². The Bertz CT molecular complexity index is 314. The SMILES string of the molecule is CCNCC(C)Cc1ccc(F)cc1Br. The van der Waals surface area contributed by atoms with E-state index in [0.717, 1.165) is 24.0 Å². The molecule has 0 bridgehead atoms. The number of rotatable bonds is 5. The van der Waals surface area contributed by atoms with Crippen molar-refractivity contribution in [3.8, 4) is 0 Å². The summed E-state index contributed by atoms with van der Waals surface area (Å²) in [7, 11) is 0. The molecule has 0 radical (unpaired) electrons. The molecule has 0 aliphatic carbocycles. The summed E-state index contributed by atoms with van der Waals surface area (Å²) < 4.78 is 13.7. The molecule has 0 aliphatic rings. The van der Waals surface area contributed by atoms with Crippen molar-refractivity contribution < 1.29 is 4.39 Å². The molecule has 3 heteroatoms. The highest BCUT2D eigenvalue weighted by Crippen LogP contribution is 2.20. The zero-order chi connectivity index (χ0) is 11.3. The smallest absolute Gasteiger partial charge is 0.124 e. The molecule has 0 amide bonds. The second kappa shape index (κ2) is 6.23. The van der Waals surface area contributed by atoms with Crippen LogP contribution in [-0.2, 0) is 6.42 Å². The fourth-order valence-corrected chi connectivity index (χ4v) is 2.04. The van der Waals surface area contributed by atoms with E-state index in [1.54, 1.807) is 0 Å². The minimum Gasteiger partial charge on any atom is -0.317 e. The van der Waals surface area contributed by atoms with E-state index in [1.807, 2.05) is 6.07 Å². The predicted molar refractivity (Wildman–Crippen MR) is 65.5 cm³/mol. The molecule has 1 nitrogen and oxygen atoms in total. The third-order valence-corrected chi connectivity index (χ3v) is 3.06. The molecule has 0 saturated carbocycles. The van der Waals surface area contributed by atoms with Crippen LogP contribution in [0.4, 0.5) is 4.39 Å². The van der Waals surface area contributed by atoms with Crippen LogP contribution < -0.4 is 5.32 Å². The summed E-state index contributed by atoms with van der Waals surface area (Å²) in [4.78, 5) is 0. The molecular formula is C12H17BrFN. The van der Waals surface area contributed by atoms with Gasteiger partial charge in [-0.25, -0.2) is 4.39 Å². The topological polar surface area (TPSA) is 12.0 Å². The molecule has 1 aromatic carbocycles. The van der Waals surface area contributed by atoms with E-state index in [1.165, 1.54) is 17.7 Å². The molecular weight excluding hydrogens is 257 g/mol. The van der Waals surface area contributed by atoms with Crippen LogP contribution in [0.3, 0.4) is 0 Å². The van der Waals surface area contributed by atoms with Gasteiger partial charge in [-0.2, -0.15) is 0 Å². The molecule has 1 N–H and O–H groups in total. The Kier molecular flexibility index (Phi) is 5.26. The Morgan fingerprint density at radius 1 is 1.47 bits per heavy atom. The second-order valence-electron chi connectivity index (χ2n) is 3.85. The van der Waals surface area contributed by atoms with E-state index >= 15 is 0 Å². The first kappa shape index (κ1) is 12.7.